The molecule has 3 atom stereocenters. The van der Waals surface area contributed by atoms with Gasteiger partial charge in [-0.25, -0.2) is 0 Å². The first-order valence-corrected chi connectivity index (χ1v) is 19.5. The Kier molecular flexibility index (Phi) is 9.68. The van der Waals surface area contributed by atoms with E-state index in [9.17, 15) is 19.5 Å². The van der Waals surface area contributed by atoms with Crippen molar-refractivity contribution in [3.05, 3.63) is 148 Å². The summed E-state index contributed by atoms with van der Waals surface area (Å²) in [6.07, 6.45) is 2.56. The van der Waals surface area contributed by atoms with Crippen LogP contribution in [-0.4, -0.2) is 75.0 Å². The number of piperidine rings is 1. The number of piperazine rings is 1. The molecule has 0 bridgehead atoms. The molecule has 1 aromatic heterocycles. The van der Waals surface area contributed by atoms with Gasteiger partial charge in [-0.05, 0) is 108 Å². The minimum atomic E-state index is -0.611. The van der Waals surface area contributed by atoms with Crippen LogP contribution in [0.4, 0.5) is 5.69 Å². The number of benzene rings is 4. The maximum atomic E-state index is 13.1. The molecule has 0 spiro atoms. The smallest absolute Gasteiger partial charge is 0.255 e. The lowest BCUT2D eigenvalue weighted by atomic mass is 9.69. The normalized spacial score (nSPS) is 21.1. The zero-order valence-corrected chi connectivity index (χ0v) is 31.1. The first-order chi connectivity index (χ1) is 27.4. The number of hydrogen-bond donors (Lipinski definition) is 2. The Morgan fingerprint density at radius 3 is 2.30 bits per heavy atom. The van der Waals surface area contributed by atoms with Gasteiger partial charge in [0.2, 0.25) is 11.8 Å². The van der Waals surface area contributed by atoms with E-state index in [4.69, 9.17) is 4.74 Å². The van der Waals surface area contributed by atoms with Gasteiger partial charge < -0.3 is 19.6 Å². The molecule has 56 heavy (non-hydrogen) atoms. The monoisotopic (exact) mass is 748 g/mol. The van der Waals surface area contributed by atoms with Gasteiger partial charge in [0.05, 0.1) is 5.69 Å². The molecule has 9 rings (SSSR count). The molecule has 0 saturated carbocycles. The number of aryl methyl sites for hydroxylation is 1. The van der Waals surface area contributed by atoms with Crippen LogP contribution in [0, 0.1) is 0 Å². The van der Waals surface area contributed by atoms with Gasteiger partial charge in [-0.3, -0.25) is 24.6 Å². The van der Waals surface area contributed by atoms with Crippen molar-refractivity contribution in [2.45, 2.75) is 63.3 Å². The molecule has 4 aliphatic rings. The number of nitrogens with zero attached hydrogens (tertiary/aromatic N) is 5. The summed E-state index contributed by atoms with van der Waals surface area (Å²) in [5, 5.41) is 21.5. The Balaban J connectivity index is 0.775. The van der Waals surface area contributed by atoms with Crippen molar-refractivity contribution in [1.29, 1.82) is 0 Å². The van der Waals surface area contributed by atoms with Crippen LogP contribution in [0.15, 0.2) is 103 Å². The topological polar surface area (TPSA) is 128 Å². The predicted molar refractivity (Wildman–Crippen MR) is 210 cm³/mol. The highest BCUT2D eigenvalue weighted by Gasteiger charge is 2.39. The molecule has 0 radical (unpaired) electrons. The molecule has 5 aromatic rings. The van der Waals surface area contributed by atoms with Crippen molar-refractivity contribution in [1.82, 2.24) is 25.3 Å². The number of hydrogen-bond acceptors (Lipinski definition) is 9. The highest BCUT2D eigenvalue weighted by molar-refractivity contribution is 6.05. The zero-order valence-electron chi connectivity index (χ0n) is 31.1. The van der Waals surface area contributed by atoms with Crippen molar-refractivity contribution in [3.8, 4) is 11.5 Å². The van der Waals surface area contributed by atoms with Crippen molar-refractivity contribution in [2.75, 3.05) is 31.1 Å². The highest BCUT2D eigenvalue weighted by Crippen LogP contribution is 2.47. The summed E-state index contributed by atoms with van der Waals surface area (Å²) in [5.74, 6) is 0.790. The predicted octanol–water partition coefficient (Wildman–Crippen LogP) is 5.71. The number of nitrogens with one attached hydrogen (secondary N) is 1. The number of fused-ring (bicyclic) bond motifs is 2. The van der Waals surface area contributed by atoms with Gasteiger partial charge in [-0.15, -0.1) is 0 Å². The lowest BCUT2D eigenvalue weighted by Crippen LogP contribution is -2.52. The minimum absolute atomic E-state index is 0.152. The van der Waals surface area contributed by atoms with Gasteiger partial charge in [-0.2, -0.15) is 10.2 Å². The number of aromatic hydroxyl groups is 1. The Morgan fingerprint density at radius 1 is 0.750 bits per heavy atom. The third-order valence-electron chi connectivity index (χ3n) is 11.8. The van der Waals surface area contributed by atoms with Crippen molar-refractivity contribution in [3.63, 3.8) is 0 Å². The van der Waals surface area contributed by atoms with Crippen LogP contribution in [0.1, 0.15) is 80.7 Å². The quantitative estimate of drug-likeness (QED) is 0.182. The van der Waals surface area contributed by atoms with Crippen LogP contribution in [0.3, 0.4) is 0 Å². The number of phenols is 1. The van der Waals surface area contributed by atoms with E-state index in [1.807, 2.05) is 42.5 Å². The Labute approximate surface area is 325 Å². The lowest BCUT2D eigenvalue weighted by Gasteiger charge is -2.36. The molecule has 11 heteroatoms. The number of phenolic OH excluding ortho intramolecular Hbond substituents is 1. The molecule has 1 unspecified atom stereocenters. The molecule has 4 heterocycles. The number of aromatic nitrogens is 2. The number of imide groups is 1. The molecule has 284 valence electrons. The Morgan fingerprint density at radius 2 is 1.54 bits per heavy atom. The molecular formula is C45H44N6O5. The summed E-state index contributed by atoms with van der Waals surface area (Å²) in [5.41, 5.74) is 9.33. The van der Waals surface area contributed by atoms with Crippen LogP contribution in [0.2, 0.25) is 0 Å². The fourth-order valence-electron chi connectivity index (χ4n) is 8.91. The van der Waals surface area contributed by atoms with Crippen LogP contribution in [0.5, 0.6) is 11.5 Å². The first-order valence-electron chi connectivity index (χ1n) is 19.5. The van der Waals surface area contributed by atoms with Crippen LogP contribution in [-0.2, 0) is 35.7 Å². The number of rotatable bonds is 9. The number of carbonyl (C=O) groups is 3. The van der Waals surface area contributed by atoms with Crippen molar-refractivity contribution < 1.29 is 24.2 Å². The van der Waals surface area contributed by atoms with E-state index in [1.165, 1.54) is 22.3 Å². The molecule has 4 aromatic carbocycles. The summed E-state index contributed by atoms with van der Waals surface area (Å²) in [4.78, 5) is 43.5. The van der Waals surface area contributed by atoms with Gasteiger partial charge in [-0.1, -0.05) is 48.5 Å². The molecule has 2 fully saturated rings. The van der Waals surface area contributed by atoms with E-state index in [-0.39, 0.29) is 24.2 Å². The number of amides is 3. The third-order valence-corrected chi connectivity index (χ3v) is 11.8. The van der Waals surface area contributed by atoms with Gasteiger partial charge >= 0.3 is 0 Å². The van der Waals surface area contributed by atoms with E-state index >= 15 is 0 Å². The standard InChI is InChI=1S/C45H44N6O5/c52-36-12-17-39-31(25-36)8-15-38(29-4-2-1-3-5-29)43(39)30-6-13-37(14-7-30)56-28-34-10-9-33(47-48-34)27-49-20-22-50(23-21-49)35-11-16-40-32(24-35)26-51(45(40)55)41-18-19-42(53)46-44(41)54/h1-7,9-14,16-17,24-25,38,41,43,52H,8,15,18-23,26-28H2,(H,46,53,54)/t38-,41?,43+/m1/s1. The second-order valence-electron chi connectivity index (χ2n) is 15.3. The summed E-state index contributed by atoms with van der Waals surface area (Å²) in [7, 11) is 0. The average molecular weight is 749 g/mol. The van der Waals surface area contributed by atoms with E-state index in [0.717, 1.165) is 67.4 Å². The van der Waals surface area contributed by atoms with Crippen molar-refractivity contribution in [2.24, 2.45) is 0 Å². The van der Waals surface area contributed by atoms with Gasteiger partial charge in [0.15, 0.2) is 0 Å². The minimum Gasteiger partial charge on any atom is -0.508 e. The fraction of sp³-hybridized carbons (Fsp3) is 0.311. The summed E-state index contributed by atoms with van der Waals surface area (Å²) < 4.78 is 6.15. The zero-order chi connectivity index (χ0) is 38.2. The second kappa shape index (κ2) is 15.2. The SMILES string of the molecule is O=C1CCC(N2Cc3cc(N4CCN(Cc5ccc(COc6ccc([C@@H]7c8ccc(O)cc8CC[C@@H]7c7ccccc7)cc6)nn5)CC4)ccc3C2=O)C(=O)N1. The first kappa shape index (κ1) is 35.6. The maximum Gasteiger partial charge on any atom is 0.255 e. The van der Waals surface area contributed by atoms with E-state index in [0.29, 0.717) is 43.3 Å². The van der Waals surface area contributed by atoms with Crippen LogP contribution in [0.25, 0.3) is 0 Å². The molecule has 2 saturated heterocycles. The van der Waals surface area contributed by atoms with Crippen LogP contribution < -0.4 is 15.0 Å². The van der Waals surface area contributed by atoms with Crippen LogP contribution >= 0.6 is 0 Å². The highest BCUT2D eigenvalue weighted by atomic mass is 16.5. The molecule has 3 amide bonds. The van der Waals surface area contributed by atoms with E-state index < -0.39 is 11.9 Å². The molecule has 11 nitrogen and oxygen atoms in total. The van der Waals surface area contributed by atoms with Gasteiger partial charge in [0.25, 0.3) is 5.91 Å². The second-order valence-corrected chi connectivity index (χ2v) is 15.3. The molecule has 3 aliphatic heterocycles. The van der Waals surface area contributed by atoms with Crippen molar-refractivity contribution >= 4 is 23.4 Å². The molecule has 2 N–H and O–H groups in total. The lowest BCUT2D eigenvalue weighted by molar-refractivity contribution is -0.136. The molecular weight excluding hydrogens is 705 g/mol. The maximum absolute atomic E-state index is 13.1. The Bertz CT molecular complexity index is 2260. The summed E-state index contributed by atoms with van der Waals surface area (Å²) >= 11 is 0. The summed E-state index contributed by atoms with van der Waals surface area (Å²) in [6.45, 7) is 4.80. The van der Waals surface area contributed by atoms with E-state index in [1.54, 1.807) is 11.0 Å². The number of anilines is 1. The van der Waals surface area contributed by atoms with E-state index in [2.05, 4.69) is 79.9 Å². The van der Waals surface area contributed by atoms with Gasteiger partial charge in [0.1, 0.15) is 29.8 Å². The summed E-state index contributed by atoms with van der Waals surface area (Å²) in [6, 6.07) is 34.2. The molecule has 1 aliphatic carbocycles. The fourth-order valence-corrected chi connectivity index (χ4v) is 8.91. The largest absolute Gasteiger partial charge is 0.508 e. The average Bonchev–Trinajstić information content (AvgIpc) is 3.55. The van der Waals surface area contributed by atoms with Gasteiger partial charge in [0, 0.05) is 62.9 Å². The number of carbonyl (C=O) groups excluding carboxylic acids is 3. The Hall–Kier alpha value is -6.07. The number of ether oxygens (including phenoxy) is 1. The third kappa shape index (κ3) is 7.22.